The highest BCUT2D eigenvalue weighted by atomic mass is 16.5. The normalized spacial score (nSPS) is 28.2. The molecule has 1 aliphatic heterocycles. The Morgan fingerprint density at radius 2 is 2.15 bits per heavy atom. The van der Waals surface area contributed by atoms with E-state index in [2.05, 4.69) is 19.2 Å². The molecule has 2 fully saturated rings. The summed E-state index contributed by atoms with van der Waals surface area (Å²) < 4.78 is 5.22. The maximum atomic E-state index is 5.22. The monoisotopic (exact) mass is 183 g/mol. The summed E-state index contributed by atoms with van der Waals surface area (Å²) >= 11 is 0. The predicted octanol–water partition coefficient (Wildman–Crippen LogP) is 1.80. The van der Waals surface area contributed by atoms with Crippen molar-refractivity contribution >= 4 is 0 Å². The molecule has 1 N–H and O–H groups in total. The average Bonchev–Trinajstić information content (AvgIpc) is 2.81. The first kappa shape index (κ1) is 9.47. The zero-order valence-electron chi connectivity index (χ0n) is 8.81. The molecule has 13 heavy (non-hydrogen) atoms. The van der Waals surface area contributed by atoms with Crippen LogP contribution in [0.5, 0.6) is 0 Å². The van der Waals surface area contributed by atoms with Gasteiger partial charge in [-0.15, -0.1) is 0 Å². The van der Waals surface area contributed by atoms with Crippen molar-refractivity contribution < 1.29 is 4.74 Å². The third-order valence-electron chi connectivity index (χ3n) is 3.16. The Balaban J connectivity index is 1.60. The molecule has 0 radical (unpaired) electrons. The molecular formula is C11H21NO. The maximum Gasteiger partial charge on any atom is 0.0554 e. The standard InChI is InChI=1S/C11H21NO/c1-9(5-10-3-4-10)12-6-11(2)7-13-8-11/h9-10,12H,3-8H2,1-2H3. The number of rotatable bonds is 5. The van der Waals surface area contributed by atoms with Gasteiger partial charge in [0.05, 0.1) is 13.2 Å². The fourth-order valence-electron chi connectivity index (χ4n) is 1.91. The Morgan fingerprint density at radius 1 is 1.46 bits per heavy atom. The molecule has 2 heteroatoms. The molecule has 1 saturated heterocycles. The van der Waals surface area contributed by atoms with Crippen LogP contribution < -0.4 is 5.32 Å². The van der Waals surface area contributed by atoms with Crippen LogP contribution in [0, 0.1) is 11.3 Å². The number of hydrogen-bond acceptors (Lipinski definition) is 2. The van der Waals surface area contributed by atoms with Gasteiger partial charge >= 0.3 is 0 Å². The molecule has 2 nitrogen and oxygen atoms in total. The summed E-state index contributed by atoms with van der Waals surface area (Å²) in [6.07, 6.45) is 4.30. The van der Waals surface area contributed by atoms with Crippen molar-refractivity contribution in [3.8, 4) is 0 Å². The second-order valence-corrected chi connectivity index (χ2v) is 5.26. The first-order valence-corrected chi connectivity index (χ1v) is 5.49. The fourth-order valence-corrected chi connectivity index (χ4v) is 1.91. The van der Waals surface area contributed by atoms with Crippen molar-refractivity contribution in [1.29, 1.82) is 0 Å². The lowest BCUT2D eigenvalue weighted by molar-refractivity contribution is -0.0999. The molecule has 0 bridgehead atoms. The van der Waals surface area contributed by atoms with Crippen LogP contribution in [-0.2, 0) is 4.74 Å². The zero-order valence-corrected chi connectivity index (χ0v) is 8.81. The second kappa shape index (κ2) is 3.58. The summed E-state index contributed by atoms with van der Waals surface area (Å²) in [5, 5.41) is 3.62. The lowest BCUT2D eigenvalue weighted by Crippen LogP contribution is -2.49. The van der Waals surface area contributed by atoms with E-state index in [1.165, 1.54) is 19.3 Å². The first-order chi connectivity index (χ1) is 6.18. The molecular weight excluding hydrogens is 162 g/mol. The molecule has 1 aliphatic carbocycles. The van der Waals surface area contributed by atoms with Gasteiger partial charge in [-0.05, 0) is 19.3 Å². The summed E-state index contributed by atoms with van der Waals surface area (Å²) in [6.45, 7) is 7.61. The summed E-state index contributed by atoms with van der Waals surface area (Å²) in [6, 6.07) is 0.699. The number of ether oxygens (including phenoxy) is 1. The van der Waals surface area contributed by atoms with E-state index in [0.29, 0.717) is 11.5 Å². The lowest BCUT2D eigenvalue weighted by Gasteiger charge is -2.39. The molecule has 2 rings (SSSR count). The molecule has 0 aromatic rings. The molecule has 0 aromatic heterocycles. The van der Waals surface area contributed by atoms with Gasteiger partial charge in [-0.25, -0.2) is 0 Å². The van der Waals surface area contributed by atoms with Gasteiger partial charge in [-0.1, -0.05) is 19.8 Å². The van der Waals surface area contributed by atoms with Gasteiger partial charge in [0.1, 0.15) is 0 Å². The SMILES string of the molecule is CC(CC1CC1)NCC1(C)COC1. The number of hydrogen-bond donors (Lipinski definition) is 1. The highest BCUT2D eigenvalue weighted by Crippen LogP contribution is 2.33. The van der Waals surface area contributed by atoms with Crippen molar-refractivity contribution in [1.82, 2.24) is 5.32 Å². The van der Waals surface area contributed by atoms with E-state index < -0.39 is 0 Å². The summed E-state index contributed by atoms with van der Waals surface area (Å²) in [5.41, 5.74) is 0.428. The fraction of sp³-hybridized carbons (Fsp3) is 1.00. The van der Waals surface area contributed by atoms with Crippen LogP contribution in [0.3, 0.4) is 0 Å². The van der Waals surface area contributed by atoms with Crippen molar-refractivity contribution in [2.24, 2.45) is 11.3 Å². The Morgan fingerprint density at radius 3 is 2.62 bits per heavy atom. The molecule has 1 saturated carbocycles. The van der Waals surface area contributed by atoms with Gasteiger partial charge in [0.2, 0.25) is 0 Å². The van der Waals surface area contributed by atoms with E-state index in [9.17, 15) is 0 Å². The molecule has 1 unspecified atom stereocenters. The minimum atomic E-state index is 0.428. The van der Waals surface area contributed by atoms with Crippen molar-refractivity contribution in [3.63, 3.8) is 0 Å². The third kappa shape index (κ3) is 2.68. The second-order valence-electron chi connectivity index (χ2n) is 5.26. The van der Waals surface area contributed by atoms with Gasteiger partial charge in [0.25, 0.3) is 0 Å². The first-order valence-electron chi connectivity index (χ1n) is 5.49. The molecule has 0 aromatic carbocycles. The molecule has 1 heterocycles. The van der Waals surface area contributed by atoms with Crippen LogP contribution in [0.4, 0.5) is 0 Å². The van der Waals surface area contributed by atoms with Crippen LogP contribution in [0.15, 0.2) is 0 Å². The molecule has 76 valence electrons. The van der Waals surface area contributed by atoms with Crippen molar-refractivity contribution in [2.75, 3.05) is 19.8 Å². The molecule has 0 spiro atoms. The van der Waals surface area contributed by atoms with Gasteiger partial charge in [0.15, 0.2) is 0 Å². The van der Waals surface area contributed by atoms with E-state index in [-0.39, 0.29) is 0 Å². The Hall–Kier alpha value is -0.0800. The highest BCUT2D eigenvalue weighted by Gasteiger charge is 2.33. The van der Waals surface area contributed by atoms with Crippen LogP contribution in [0.1, 0.15) is 33.1 Å². The minimum absolute atomic E-state index is 0.428. The molecule has 2 aliphatic rings. The van der Waals surface area contributed by atoms with Gasteiger partial charge in [0, 0.05) is 18.0 Å². The summed E-state index contributed by atoms with van der Waals surface area (Å²) in [7, 11) is 0. The van der Waals surface area contributed by atoms with Crippen molar-refractivity contribution in [3.05, 3.63) is 0 Å². The van der Waals surface area contributed by atoms with E-state index >= 15 is 0 Å². The molecule has 1 atom stereocenters. The van der Waals surface area contributed by atoms with E-state index in [1.54, 1.807) is 0 Å². The highest BCUT2D eigenvalue weighted by molar-refractivity contribution is 4.85. The number of nitrogens with one attached hydrogen (secondary N) is 1. The Labute approximate surface area is 81.0 Å². The van der Waals surface area contributed by atoms with Crippen LogP contribution in [-0.4, -0.2) is 25.8 Å². The summed E-state index contributed by atoms with van der Waals surface area (Å²) in [4.78, 5) is 0. The topological polar surface area (TPSA) is 21.3 Å². The van der Waals surface area contributed by atoms with Gasteiger partial charge in [-0.2, -0.15) is 0 Å². The smallest absolute Gasteiger partial charge is 0.0554 e. The minimum Gasteiger partial charge on any atom is -0.380 e. The quantitative estimate of drug-likeness (QED) is 0.702. The van der Waals surface area contributed by atoms with Crippen LogP contribution in [0.2, 0.25) is 0 Å². The maximum absolute atomic E-state index is 5.22. The Bertz CT molecular complexity index is 173. The van der Waals surface area contributed by atoms with Gasteiger partial charge in [-0.3, -0.25) is 0 Å². The van der Waals surface area contributed by atoms with Gasteiger partial charge < -0.3 is 10.1 Å². The van der Waals surface area contributed by atoms with Crippen LogP contribution in [0.25, 0.3) is 0 Å². The van der Waals surface area contributed by atoms with E-state index in [1.807, 2.05) is 0 Å². The average molecular weight is 183 g/mol. The third-order valence-corrected chi connectivity index (χ3v) is 3.16. The predicted molar refractivity (Wildman–Crippen MR) is 53.7 cm³/mol. The van der Waals surface area contributed by atoms with E-state index in [4.69, 9.17) is 4.74 Å². The molecule has 0 amide bonds. The lowest BCUT2D eigenvalue weighted by atomic mass is 9.88. The van der Waals surface area contributed by atoms with E-state index in [0.717, 1.165) is 25.7 Å². The summed E-state index contributed by atoms with van der Waals surface area (Å²) in [5.74, 6) is 1.04. The zero-order chi connectivity index (χ0) is 9.31. The largest absolute Gasteiger partial charge is 0.380 e. The van der Waals surface area contributed by atoms with Crippen molar-refractivity contribution in [2.45, 2.75) is 39.2 Å². The Kier molecular flexibility index (Phi) is 2.61. The van der Waals surface area contributed by atoms with Crippen LogP contribution >= 0.6 is 0 Å².